The number of fused-ring (bicyclic) bond motifs is 3. The van der Waals surface area contributed by atoms with Gasteiger partial charge in [0.05, 0.1) is 0 Å². The Bertz CT molecular complexity index is 1230. The van der Waals surface area contributed by atoms with E-state index in [2.05, 4.69) is 5.32 Å². The maximum atomic E-state index is 12.1. The molecule has 1 N–H and O–H groups in total. The standard InChI is InChI=1S/C24H23NO6/c1-14-5-3-8-20(15(14)2)25-22(26)12-30-23(27)13-29-16-9-10-18-17-6-4-7-19(17)24(28)31-21(18)11-16/h3,5,8-11H,4,6-7,12-13H2,1-2H3,(H,25,26). The first-order chi connectivity index (χ1) is 14.9. The normalized spacial score (nSPS) is 12.5. The number of aryl methyl sites for hydroxylation is 2. The molecule has 0 unspecified atom stereocenters. The lowest BCUT2D eigenvalue weighted by atomic mass is 10.1. The van der Waals surface area contributed by atoms with Gasteiger partial charge in [0.2, 0.25) is 0 Å². The van der Waals surface area contributed by atoms with Crippen LogP contribution in [0.1, 0.15) is 28.7 Å². The number of nitrogens with one attached hydrogen (secondary N) is 1. The summed E-state index contributed by atoms with van der Waals surface area (Å²) in [5, 5.41) is 3.62. The second-order valence-electron chi connectivity index (χ2n) is 7.60. The molecule has 0 bridgehead atoms. The molecule has 7 nitrogen and oxygen atoms in total. The molecule has 1 aliphatic carbocycles. The molecule has 0 saturated carbocycles. The van der Waals surface area contributed by atoms with Crippen LogP contribution in [0.25, 0.3) is 11.0 Å². The molecular formula is C24H23NO6. The maximum Gasteiger partial charge on any atom is 0.344 e. The maximum absolute atomic E-state index is 12.1. The number of benzene rings is 2. The van der Waals surface area contributed by atoms with Crippen LogP contribution in [0.5, 0.6) is 5.75 Å². The molecular weight excluding hydrogens is 398 g/mol. The summed E-state index contributed by atoms with van der Waals surface area (Å²) in [6.07, 6.45) is 2.54. The van der Waals surface area contributed by atoms with Gasteiger partial charge < -0.3 is 19.2 Å². The molecule has 1 heterocycles. The molecule has 4 rings (SSSR count). The third-order valence-corrected chi connectivity index (χ3v) is 5.54. The predicted octanol–water partition coefficient (Wildman–Crippen LogP) is 3.46. The van der Waals surface area contributed by atoms with Crippen LogP contribution in [-0.4, -0.2) is 25.1 Å². The number of carbonyl (C=O) groups is 2. The molecule has 1 amide bonds. The van der Waals surface area contributed by atoms with Crippen LogP contribution in [0, 0.1) is 13.8 Å². The Morgan fingerprint density at radius 3 is 2.71 bits per heavy atom. The highest BCUT2D eigenvalue weighted by Crippen LogP contribution is 2.29. The van der Waals surface area contributed by atoms with E-state index in [1.165, 1.54) is 0 Å². The van der Waals surface area contributed by atoms with Crippen LogP contribution in [0.3, 0.4) is 0 Å². The fourth-order valence-electron chi connectivity index (χ4n) is 3.76. The highest BCUT2D eigenvalue weighted by atomic mass is 16.6. The lowest BCUT2D eigenvalue weighted by molar-refractivity contribution is -0.149. The molecule has 7 heteroatoms. The molecule has 1 aliphatic rings. The molecule has 0 spiro atoms. The van der Waals surface area contributed by atoms with E-state index in [1.807, 2.05) is 32.0 Å². The summed E-state index contributed by atoms with van der Waals surface area (Å²) in [5.41, 5.74) is 4.60. The number of amides is 1. The van der Waals surface area contributed by atoms with Crippen LogP contribution in [-0.2, 0) is 27.2 Å². The lowest BCUT2D eigenvalue weighted by Crippen LogP contribution is -2.24. The van der Waals surface area contributed by atoms with Crippen molar-refractivity contribution in [1.82, 2.24) is 0 Å². The molecule has 0 saturated heterocycles. The summed E-state index contributed by atoms with van der Waals surface area (Å²) >= 11 is 0. The van der Waals surface area contributed by atoms with Crippen molar-refractivity contribution in [3.8, 4) is 5.75 Å². The van der Waals surface area contributed by atoms with Crippen LogP contribution in [0.15, 0.2) is 45.6 Å². The van der Waals surface area contributed by atoms with E-state index < -0.39 is 18.5 Å². The minimum atomic E-state index is -0.674. The molecule has 2 aromatic carbocycles. The molecule has 31 heavy (non-hydrogen) atoms. The van der Waals surface area contributed by atoms with Gasteiger partial charge in [-0.25, -0.2) is 9.59 Å². The van der Waals surface area contributed by atoms with E-state index in [4.69, 9.17) is 13.9 Å². The number of anilines is 1. The first-order valence-electron chi connectivity index (χ1n) is 10.2. The lowest BCUT2D eigenvalue weighted by Gasteiger charge is -2.11. The third-order valence-electron chi connectivity index (χ3n) is 5.54. The van der Waals surface area contributed by atoms with Crippen molar-refractivity contribution < 1.29 is 23.5 Å². The first-order valence-corrected chi connectivity index (χ1v) is 10.2. The van der Waals surface area contributed by atoms with Crippen molar-refractivity contribution in [2.75, 3.05) is 18.5 Å². The Hall–Kier alpha value is -3.61. The van der Waals surface area contributed by atoms with Crippen LogP contribution in [0.4, 0.5) is 5.69 Å². The van der Waals surface area contributed by atoms with Crippen molar-refractivity contribution >= 4 is 28.5 Å². The van der Waals surface area contributed by atoms with Crippen LogP contribution < -0.4 is 15.7 Å². The topological polar surface area (TPSA) is 94.8 Å². The summed E-state index contributed by atoms with van der Waals surface area (Å²) in [7, 11) is 0. The average molecular weight is 421 g/mol. The molecule has 0 fully saturated rings. The number of esters is 1. The average Bonchev–Trinajstić information content (AvgIpc) is 3.25. The van der Waals surface area contributed by atoms with Gasteiger partial charge in [-0.05, 0) is 68.0 Å². The second-order valence-corrected chi connectivity index (χ2v) is 7.60. The largest absolute Gasteiger partial charge is 0.482 e. The summed E-state index contributed by atoms with van der Waals surface area (Å²) in [6, 6.07) is 10.7. The van der Waals surface area contributed by atoms with Gasteiger partial charge in [0.25, 0.3) is 5.91 Å². The Labute approximate surface area is 179 Å². The quantitative estimate of drug-likeness (QED) is 0.484. The van der Waals surface area contributed by atoms with Gasteiger partial charge >= 0.3 is 11.6 Å². The molecule has 0 radical (unpaired) electrons. The highest BCUT2D eigenvalue weighted by Gasteiger charge is 2.20. The fraction of sp³-hybridized carbons (Fsp3) is 0.292. The number of hydrogen-bond donors (Lipinski definition) is 1. The van der Waals surface area contributed by atoms with Crippen molar-refractivity contribution in [3.63, 3.8) is 0 Å². The van der Waals surface area contributed by atoms with Gasteiger partial charge in [0, 0.05) is 22.7 Å². The smallest absolute Gasteiger partial charge is 0.344 e. The monoisotopic (exact) mass is 421 g/mol. The summed E-state index contributed by atoms with van der Waals surface area (Å²) in [4.78, 5) is 36.1. The van der Waals surface area contributed by atoms with Crippen LogP contribution >= 0.6 is 0 Å². The zero-order valence-electron chi connectivity index (χ0n) is 17.4. The third kappa shape index (κ3) is 4.45. The Morgan fingerprint density at radius 1 is 1.06 bits per heavy atom. The van der Waals surface area contributed by atoms with Gasteiger partial charge in [-0.3, -0.25) is 4.79 Å². The number of rotatable bonds is 6. The number of carbonyl (C=O) groups excluding carboxylic acids is 2. The van der Waals surface area contributed by atoms with Crippen molar-refractivity contribution in [2.24, 2.45) is 0 Å². The van der Waals surface area contributed by atoms with Gasteiger partial charge in [-0.1, -0.05) is 12.1 Å². The van der Waals surface area contributed by atoms with Gasteiger partial charge in [-0.2, -0.15) is 0 Å². The Balaban J connectivity index is 1.32. The van der Waals surface area contributed by atoms with E-state index in [0.29, 0.717) is 17.0 Å². The van der Waals surface area contributed by atoms with Crippen molar-refractivity contribution in [1.29, 1.82) is 0 Å². The molecule has 0 atom stereocenters. The first kappa shape index (κ1) is 20.7. The van der Waals surface area contributed by atoms with E-state index >= 15 is 0 Å². The molecule has 160 valence electrons. The summed E-state index contributed by atoms with van der Waals surface area (Å²) < 4.78 is 15.8. The van der Waals surface area contributed by atoms with E-state index in [1.54, 1.807) is 18.2 Å². The minimum absolute atomic E-state index is 0.314. The number of hydrogen-bond acceptors (Lipinski definition) is 6. The molecule has 0 aliphatic heterocycles. The molecule has 1 aromatic heterocycles. The SMILES string of the molecule is Cc1cccc(NC(=O)COC(=O)COc2ccc3c4c(c(=O)oc3c2)CCC4)c1C. The van der Waals surface area contributed by atoms with Gasteiger partial charge in [0.15, 0.2) is 13.2 Å². The number of ether oxygens (including phenoxy) is 2. The Kier molecular flexibility index (Phi) is 5.75. The van der Waals surface area contributed by atoms with Crippen LogP contribution in [0.2, 0.25) is 0 Å². The zero-order valence-corrected chi connectivity index (χ0v) is 17.4. The summed E-state index contributed by atoms with van der Waals surface area (Å²) in [5.74, 6) is -0.722. The zero-order chi connectivity index (χ0) is 22.0. The summed E-state index contributed by atoms with van der Waals surface area (Å²) in [6.45, 7) is 3.09. The van der Waals surface area contributed by atoms with Gasteiger partial charge in [0.1, 0.15) is 11.3 Å². The van der Waals surface area contributed by atoms with E-state index in [-0.39, 0.29) is 12.2 Å². The second kappa shape index (κ2) is 8.63. The fourth-order valence-corrected chi connectivity index (χ4v) is 3.76. The Morgan fingerprint density at radius 2 is 1.87 bits per heavy atom. The minimum Gasteiger partial charge on any atom is -0.482 e. The van der Waals surface area contributed by atoms with Crippen molar-refractivity contribution in [3.05, 3.63) is 69.1 Å². The van der Waals surface area contributed by atoms with E-state index in [9.17, 15) is 14.4 Å². The van der Waals surface area contributed by atoms with Crippen molar-refractivity contribution in [2.45, 2.75) is 33.1 Å². The molecule has 3 aromatic rings. The van der Waals surface area contributed by atoms with Gasteiger partial charge in [-0.15, -0.1) is 0 Å². The van der Waals surface area contributed by atoms with E-state index in [0.717, 1.165) is 46.9 Å². The predicted molar refractivity (Wildman–Crippen MR) is 116 cm³/mol. The highest BCUT2D eigenvalue weighted by molar-refractivity contribution is 5.93.